The fourth-order valence-corrected chi connectivity index (χ4v) is 1.63. The van der Waals surface area contributed by atoms with Crippen molar-refractivity contribution in [2.45, 2.75) is 13.3 Å². The lowest BCUT2D eigenvalue weighted by atomic mass is 10.3. The highest BCUT2D eigenvalue weighted by molar-refractivity contribution is 6.33. The SMILES string of the molecule is CCN(CCC#N)c1ncc([N+](=O)[O-])cc1Cl. The molecule has 0 fully saturated rings. The summed E-state index contributed by atoms with van der Waals surface area (Å²) in [5.74, 6) is 0.468. The van der Waals surface area contributed by atoms with Gasteiger partial charge in [0.25, 0.3) is 5.69 Å². The van der Waals surface area contributed by atoms with Gasteiger partial charge in [0.15, 0.2) is 0 Å². The molecule has 0 aliphatic heterocycles. The van der Waals surface area contributed by atoms with Crippen molar-refractivity contribution in [3.63, 3.8) is 0 Å². The molecule has 17 heavy (non-hydrogen) atoms. The monoisotopic (exact) mass is 254 g/mol. The van der Waals surface area contributed by atoms with E-state index in [1.165, 1.54) is 6.07 Å². The number of rotatable bonds is 5. The molecule has 1 heterocycles. The van der Waals surface area contributed by atoms with Gasteiger partial charge in [0, 0.05) is 19.2 Å². The lowest BCUT2D eigenvalue weighted by Gasteiger charge is -2.21. The summed E-state index contributed by atoms with van der Waals surface area (Å²) >= 11 is 5.93. The van der Waals surface area contributed by atoms with Crippen LogP contribution in [0.15, 0.2) is 12.3 Å². The van der Waals surface area contributed by atoms with Crippen LogP contribution in [0.3, 0.4) is 0 Å². The molecule has 1 aromatic heterocycles. The van der Waals surface area contributed by atoms with Crippen LogP contribution >= 0.6 is 11.6 Å². The van der Waals surface area contributed by atoms with E-state index in [0.717, 1.165) is 6.20 Å². The van der Waals surface area contributed by atoms with E-state index < -0.39 is 4.92 Å². The predicted molar refractivity (Wildman–Crippen MR) is 64.0 cm³/mol. The molecule has 0 aliphatic rings. The molecule has 7 heteroatoms. The highest BCUT2D eigenvalue weighted by Gasteiger charge is 2.14. The summed E-state index contributed by atoms with van der Waals surface area (Å²) in [6, 6.07) is 3.29. The first-order valence-electron chi connectivity index (χ1n) is 5.02. The standard InChI is InChI=1S/C10H11ClN4O2/c1-2-14(5-3-4-12)10-9(11)6-8(7-13-10)15(16)17/h6-7H,2-3,5H2,1H3. The molecule has 6 nitrogen and oxygen atoms in total. The molecule has 0 bridgehead atoms. The van der Waals surface area contributed by atoms with E-state index in [-0.39, 0.29) is 10.7 Å². The van der Waals surface area contributed by atoms with E-state index in [1.807, 2.05) is 13.0 Å². The van der Waals surface area contributed by atoms with Crippen LogP contribution in [-0.4, -0.2) is 23.0 Å². The quantitative estimate of drug-likeness (QED) is 0.595. The first kappa shape index (κ1) is 13.2. The zero-order valence-corrected chi connectivity index (χ0v) is 10.0. The van der Waals surface area contributed by atoms with Crippen molar-refractivity contribution in [2.75, 3.05) is 18.0 Å². The van der Waals surface area contributed by atoms with Gasteiger partial charge in [-0.05, 0) is 6.92 Å². The van der Waals surface area contributed by atoms with Crippen LogP contribution in [0.4, 0.5) is 11.5 Å². The van der Waals surface area contributed by atoms with E-state index in [9.17, 15) is 10.1 Å². The van der Waals surface area contributed by atoms with E-state index in [2.05, 4.69) is 4.98 Å². The average molecular weight is 255 g/mol. The minimum Gasteiger partial charge on any atom is -0.355 e. The molecule has 0 atom stereocenters. The Balaban J connectivity index is 2.97. The summed E-state index contributed by atoms with van der Waals surface area (Å²) in [6.07, 6.45) is 1.51. The number of hydrogen-bond donors (Lipinski definition) is 0. The molecular formula is C10H11ClN4O2. The summed E-state index contributed by atoms with van der Waals surface area (Å²) in [5.41, 5.74) is -0.143. The molecule has 0 aliphatic carbocycles. The topological polar surface area (TPSA) is 83.1 Å². The number of nitro groups is 1. The van der Waals surface area contributed by atoms with Crippen molar-refractivity contribution in [3.05, 3.63) is 27.4 Å². The van der Waals surface area contributed by atoms with Crippen LogP contribution in [0.2, 0.25) is 5.02 Å². The lowest BCUT2D eigenvalue weighted by molar-refractivity contribution is -0.385. The van der Waals surface area contributed by atoms with Crippen LogP contribution in [0.1, 0.15) is 13.3 Å². The second kappa shape index (κ2) is 6.01. The molecule has 90 valence electrons. The summed E-state index contributed by atoms with van der Waals surface area (Å²) < 4.78 is 0. The highest BCUT2D eigenvalue weighted by atomic mass is 35.5. The van der Waals surface area contributed by atoms with E-state index in [4.69, 9.17) is 16.9 Å². The van der Waals surface area contributed by atoms with Crippen molar-refractivity contribution in [1.82, 2.24) is 4.98 Å². The van der Waals surface area contributed by atoms with Crippen molar-refractivity contribution < 1.29 is 4.92 Å². The Morgan fingerprint density at radius 3 is 2.88 bits per heavy atom. The molecule has 0 saturated heterocycles. The van der Waals surface area contributed by atoms with Crippen molar-refractivity contribution >= 4 is 23.1 Å². The number of pyridine rings is 1. The third kappa shape index (κ3) is 3.29. The van der Waals surface area contributed by atoms with Crippen molar-refractivity contribution in [1.29, 1.82) is 5.26 Å². The molecule has 0 unspecified atom stereocenters. The molecule has 0 saturated carbocycles. The van der Waals surface area contributed by atoms with Gasteiger partial charge in [-0.2, -0.15) is 5.26 Å². The Morgan fingerprint density at radius 2 is 2.41 bits per heavy atom. The summed E-state index contributed by atoms with van der Waals surface area (Å²) in [5, 5.41) is 19.3. The summed E-state index contributed by atoms with van der Waals surface area (Å²) in [7, 11) is 0. The van der Waals surface area contributed by atoms with Crippen LogP contribution in [0.5, 0.6) is 0 Å². The molecule has 0 spiro atoms. The number of anilines is 1. The second-order valence-corrected chi connectivity index (χ2v) is 3.65. The summed E-state index contributed by atoms with van der Waals surface area (Å²) in [4.78, 5) is 15.7. The largest absolute Gasteiger partial charge is 0.355 e. The maximum atomic E-state index is 10.5. The number of aromatic nitrogens is 1. The average Bonchev–Trinajstić information content (AvgIpc) is 2.31. The van der Waals surface area contributed by atoms with Gasteiger partial charge < -0.3 is 4.90 Å². The van der Waals surface area contributed by atoms with Gasteiger partial charge in [-0.3, -0.25) is 10.1 Å². The Morgan fingerprint density at radius 1 is 1.71 bits per heavy atom. The maximum Gasteiger partial charge on any atom is 0.289 e. The second-order valence-electron chi connectivity index (χ2n) is 3.24. The van der Waals surface area contributed by atoms with Crippen LogP contribution in [0.25, 0.3) is 0 Å². The number of halogens is 1. The normalized spacial score (nSPS) is 9.71. The van der Waals surface area contributed by atoms with E-state index >= 15 is 0 Å². The maximum absolute atomic E-state index is 10.5. The van der Waals surface area contributed by atoms with Gasteiger partial charge in [0.2, 0.25) is 0 Å². The number of nitriles is 1. The first-order chi connectivity index (χ1) is 8.10. The molecule has 0 amide bonds. The van der Waals surface area contributed by atoms with E-state index in [0.29, 0.717) is 25.3 Å². The minimum atomic E-state index is -0.547. The number of hydrogen-bond acceptors (Lipinski definition) is 5. The van der Waals surface area contributed by atoms with Crippen LogP contribution < -0.4 is 4.90 Å². The first-order valence-corrected chi connectivity index (χ1v) is 5.39. The fraction of sp³-hybridized carbons (Fsp3) is 0.400. The third-order valence-corrected chi connectivity index (χ3v) is 2.47. The van der Waals surface area contributed by atoms with Gasteiger partial charge in [0.05, 0.1) is 22.4 Å². The van der Waals surface area contributed by atoms with Gasteiger partial charge in [0.1, 0.15) is 12.0 Å². The van der Waals surface area contributed by atoms with Gasteiger partial charge in [-0.25, -0.2) is 4.98 Å². The zero-order chi connectivity index (χ0) is 12.8. The van der Waals surface area contributed by atoms with Crippen molar-refractivity contribution in [3.8, 4) is 6.07 Å². The van der Waals surface area contributed by atoms with Crippen LogP contribution in [-0.2, 0) is 0 Å². The fourth-order valence-electron chi connectivity index (χ4n) is 1.35. The predicted octanol–water partition coefficient (Wildman–Crippen LogP) is 2.38. The van der Waals surface area contributed by atoms with Gasteiger partial charge in [-0.15, -0.1) is 0 Å². The Bertz CT molecular complexity index is 458. The Kier molecular flexibility index (Phi) is 4.67. The summed E-state index contributed by atoms with van der Waals surface area (Å²) in [6.45, 7) is 3.03. The van der Waals surface area contributed by atoms with Crippen LogP contribution in [0, 0.1) is 21.4 Å². The lowest BCUT2D eigenvalue weighted by Crippen LogP contribution is -2.25. The molecule has 0 aromatic carbocycles. The Hall–Kier alpha value is -1.87. The molecule has 1 rings (SSSR count). The van der Waals surface area contributed by atoms with Crippen molar-refractivity contribution in [2.24, 2.45) is 0 Å². The minimum absolute atomic E-state index is 0.143. The Labute approximate surface area is 104 Å². The van der Waals surface area contributed by atoms with E-state index in [1.54, 1.807) is 4.90 Å². The molecule has 0 radical (unpaired) electrons. The van der Waals surface area contributed by atoms with Gasteiger partial charge in [-0.1, -0.05) is 11.6 Å². The highest BCUT2D eigenvalue weighted by Crippen LogP contribution is 2.26. The number of nitrogens with zero attached hydrogens (tertiary/aromatic N) is 4. The molecule has 1 aromatic rings. The van der Waals surface area contributed by atoms with Gasteiger partial charge >= 0.3 is 0 Å². The smallest absolute Gasteiger partial charge is 0.289 e. The molecular weight excluding hydrogens is 244 g/mol. The molecule has 0 N–H and O–H groups in total. The zero-order valence-electron chi connectivity index (χ0n) is 9.26. The third-order valence-electron chi connectivity index (χ3n) is 2.19.